The third-order valence-electron chi connectivity index (χ3n) is 4.69. The van der Waals surface area contributed by atoms with Gasteiger partial charge in [0.25, 0.3) is 5.91 Å². The van der Waals surface area contributed by atoms with Crippen LogP contribution >= 0.6 is 0 Å². The fourth-order valence-electron chi connectivity index (χ4n) is 3.56. The van der Waals surface area contributed by atoms with Crippen molar-refractivity contribution in [1.82, 2.24) is 4.90 Å². The SMILES string of the molecule is O=C(c1ccc2c(c1)CCC2)N1CCCC(CCO)C1. The van der Waals surface area contributed by atoms with E-state index in [0.29, 0.717) is 5.92 Å². The quantitative estimate of drug-likeness (QED) is 0.918. The maximum atomic E-state index is 12.6. The van der Waals surface area contributed by atoms with Crippen LogP contribution in [0, 0.1) is 5.92 Å². The number of benzene rings is 1. The number of likely N-dealkylation sites (tertiary alicyclic amines) is 1. The lowest BCUT2D eigenvalue weighted by atomic mass is 9.94. The van der Waals surface area contributed by atoms with Gasteiger partial charge in [0.2, 0.25) is 0 Å². The first-order valence-corrected chi connectivity index (χ1v) is 7.80. The molecule has 0 spiro atoms. The molecular formula is C17H23NO2. The Hall–Kier alpha value is -1.35. The van der Waals surface area contributed by atoms with Gasteiger partial charge in [0.1, 0.15) is 0 Å². The Balaban J connectivity index is 1.72. The van der Waals surface area contributed by atoms with Gasteiger partial charge in [0.05, 0.1) is 0 Å². The molecule has 3 nitrogen and oxygen atoms in total. The summed E-state index contributed by atoms with van der Waals surface area (Å²) in [6.07, 6.45) is 6.49. The molecule has 1 unspecified atom stereocenters. The molecule has 20 heavy (non-hydrogen) atoms. The number of hydrogen-bond acceptors (Lipinski definition) is 2. The number of aliphatic hydroxyl groups is 1. The summed E-state index contributed by atoms with van der Waals surface area (Å²) in [5.41, 5.74) is 3.62. The molecule has 1 aliphatic carbocycles. The van der Waals surface area contributed by atoms with Crippen LogP contribution in [0.5, 0.6) is 0 Å². The first kappa shape index (κ1) is 13.6. The number of carbonyl (C=O) groups is 1. The summed E-state index contributed by atoms with van der Waals surface area (Å²) in [4.78, 5) is 14.6. The molecule has 3 heteroatoms. The first-order chi connectivity index (χ1) is 9.78. The smallest absolute Gasteiger partial charge is 0.253 e. The van der Waals surface area contributed by atoms with E-state index in [-0.39, 0.29) is 12.5 Å². The number of amides is 1. The Kier molecular flexibility index (Phi) is 4.06. The van der Waals surface area contributed by atoms with E-state index in [1.54, 1.807) is 0 Å². The van der Waals surface area contributed by atoms with Crippen molar-refractivity contribution < 1.29 is 9.90 Å². The molecule has 1 amide bonds. The van der Waals surface area contributed by atoms with Gasteiger partial charge in [0.15, 0.2) is 0 Å². The highest BCUT2D eigenvalue weighted by Gasteiger charge is 2.24. The predicted molar refractivity (Wildman–Crippen MR) is 78.8 cm³/mol. The monoisotopic (exact) mass is 273 g/mol. The van der Waals surface area contributed by atoms with Crippen LogP contribution < -0.4 is 0 Å². The minimum absolute atomic E-state index is 0.169. The molecule has 0 aromatic heterocycles. The van der Waals surface area contributed by atoms with Crippen LogP contribution in [0.2, 0.25) is 0 Å². The van der Waals surface area contributed by atoms with E-state index in [1.807, 2.05) is 11.0 Å². The number of nitrogens with zero attached hydrogens (tertiary/aromatic N) is 1. The van der Waals surface area contributed by atoms with Crippen molar-refractivity contribution >= 4 is 5.91 Å². The standard InChI is InChI=1S/C17H23NO2/c19-10-8-13-3-2-9-18(12-13)17(20)16-7-6-14-4-1-5-15(14)11-16/h6-7,11,13,19H,1-5,8-10,12H2. The normalized spacial score (nSPS) is 21.9. The van der Waals surface area contributed by atoms with Gasteiger partial charge in [-0.25, -0.2) is 0 Å². The Morgan fingerprint density at radius 1 is 1.25 bits per heavy atom. The lowest BCUT2D eigenvalue weighted by molar-refractivity contribution is 0.0653. The fourth-order valence-corrected chi connectivity index (χ4v) is 3.56. The topological polar surface area (TPSA) is 40.5 Å². The number of rotatable bonds is 3. The van der Waals surface area contributed by atoms with E-state index in [1.165, 1.54) is 17.5 Å². The number of carbonyl (C=O) groups excluding carboxylic acids is 1. The van der Waals surface area contributed by atoms with Crippen molar-refractivity contribution in [3.8, 4) is 0 Å². The number of fused-ring (bicyclic) bond motifs is 1. The summed E-state index contributed by atoms with van der Waals surface area (Å²) in [7, 11) is 0. The largest absolute Gasteiger partial charge is 0.396 e. The average Bonchev–Trinajstić information content (AvgIpc) is 2.94. The maximum Gasteiger partial charge on any atom is 0.253 e. The van der Waals surface area contributed by atoms with Gasteiger partial charge < -0.3 is 10.0 Å². The molecule has 1 aromatic rings. The molecule has 0 bridgehead atoms. The van der Waals surface area contributed by atoms with Crippen LogP contribution in [0.4, 0.5) is 0 Å². The van der Waals surface area contributed by atoms with Crippen molar-refractivity contribution in [1.29, 1.82) is 0 Å². The van der Waals surface area contributed by atoms with Gasteiger partial charge in [-0.15, -0.1) is 0 Å². The van der Waals surface area contributed by atoms with E-state index in [4.69, 9.17) is 5.11 Å². The van der Waals surface area contributed by atoms with Gasteiger partial charge >= 0.3 is 0 Å². The summed E-state index contributed by atoms with van der Waals surface area (Å²) in [5, 5.41) is 9.06. The third-order valence-corrected chi connectivity index (χ3v) is 4.69. The van der Waals surface area contributed by atoms with E-state index >= 15 is 0 Å². The molecule has 1 saturated heterocycles. The molecule has 1 aliphatic heterocycles. The van der Waals surface area contributed by atoms with Gasteiger partial charge in [0, 0.05) is 25.3 Å². The van der Waals surface area contributed by atoms with Crippen LogP contribution in [0.3, 0.4) is 0 Å². The minimum atomic E-state index is 0.169. The molecule has 1 N–H and O–H groups in total. The van der Waals surface area contributed by atoms with Crippen molar-refractivity contribution in [2.24, 2.45) is 5.92 Å². The van der Waals surface area contributed by atoms with Gasteiger partial charge in [-0.1, -0.05) is 6.07 Å². The van der Waals surface area contributed by atoms with Crippen LogP contribution in [0.1, 0.15) is 47.2 Å². The van der Waals surface area contributed by atoms with E-state index in [9.17, 15) is 4.79 Å². The van der Waals surface area contributed by atoms with Crippen molar-refractivity contribution in [2.45, 2.75) is 38.5 Å². The second kappa shape index (κ2) is 5.96. The lowest BCUT2D eigenvalue weighted by Gasteiger charge is -2.32. The minimum Gasteiger partial charge on any atom is -0.396 e. The molecule has 2 aliphatic rings. The zero-order valence-electron chi connectivity index (χ0n) is 12.0. The molecule has 108 valence electrons. The summed E-state index contributed by atoms with van der Waals surface area (Å²) < 4.78 is 0. The molecule has 1 aromatic carbocycles. The molecule has 0 saturated carbocycles. The summed E-state index contributed by atoms with van der Waals surface area (Å²) in [6.45, 7) is 1.89. The Morgan fingerprint density at radius 2 is 2.10 bits per heavy atom. The van der Waals surface area contributed by atoms with E-state index in [0.717, 1.165) is 50.8 Å². The third kappa shape index (κ3) is 2.73. The summed E-state index contributed by atoms with van der Waals surface area (Å²) in [6, 6.07) is 6.22. The highest BCUT2D eigenvalue weighted by atomic mass is 16.3. The Morgan fingerprint density at radius 3 is 2.95 bits per heavy atom. The van der Waals surface area contributed by atoms with Crippen molar-refractivity contribution in [3.63, 3.8) is 0 Å². The zero-order valence-corrected chi connectivity index (χ0v) is 12.0. The molecule has 1 fully saturated rings. The highest BCUT2D eigenvalue weighted by Crippen LogP contribution is 2.25. The van der Waals surface area contributed by atoms with Crippen LogP contribution in [0.25, 0.3) is 0 Å². The molecule has 0 radical (unpaired) electrons. The molecular weight excluding hydrogens is 250 g/mol. The van der Waals surface area contributed by atoms with E-state index in [2.05, 4.69) is 12.1 Å². The summed E-state index contributed by atoms with van der Waals surface area (Å²) >= 11 is 0. The second-order valence-corrected chi connectivity index (χ2v) is 6.11. The Labute approximate surface area is 120 Å². The van der Waals surface area contributed by atoms with Crippen LogP contribution in [-0.4, -0.2) is 35.6 Å². The fraction of sp³-hybridized carbons (Fsp3) is 0.588. The van der Waals surface area contributed by atoms with E-state index < -0.39 is 0 Å². The highest BCUT2D eigenvalue weighted by molar-refractivity contribution is 5.94. The predicted octanol–water partition coefficient (Wildman–Crippen LogP) is 2.41. The lowest BCUT2D eigenvalue weighted by Crippen LogP contribution is -2.40. The Bertz CT molecular complexity index is 496. The number of hydrogen-bond donors (Lipinski definition) is 1. The van der Waals surface area contributed by atoms with Gasteiger partial charge in [-0.2, -0.15) is 0 Å². The van der Waals surface area contributed by atoms with Crippen molar-refractivity contribution in [3.05, 3.63) is 34.9 Å². The number of aliphatic hydroxyl groups excluding tert-OH is 1. The van der Waals surface area contributed by atoms with Gasteiger partial charge in [-0.05, 0) is 67.7 Å². The molecule has 1 atom stereocenters. The van der Waals surface area contributed by atoms with Crippen LogP contribution in [0.15, 0.2) is 18.2 Å². The first-order valence-electron chi connectivity index (χ1n) is 7.80. The maximum absolute atomic E-state index is 12.6. The molecule has 3 rings (SSSR count). The average molecular weight is 273 g/mol. The van der Waals surface area contributed by atoms with Crippen molar-refractivity contribution in [2.75, 3.05) is 19.7 Å². The summed E-state index contributed by atoms with van der Waals surface area (Å²) in [5.74, 6) is 0.634. The zero-order chi connectivity index (χ0) is 13.9. The van der Waals surface area contributed by atoms with Gasteiger partial charge in [-0.3, -0.25) is 4.79 Å². The number of aryl methyl sites for hydroxylation is 2. The number of piperidine rings is 1. The van der Waals surface area contributed by atoms with Crippen LogP contribution in [-0.2, 0) is 12.8 Å². The molecule has 1 heterocycles. The second-order valence-electron chi connectivity index (χ2n) is 6.11.